The van der Waals surface area contributed by atoms with E-state index in [9.17, 15) is 0 Å². The quantitative estimate of drug-likeness (QED) is 0.474. The van der Waals surface area contributed by atoms with E-state index in [4.69, 9.17) is 0 Å². The van der Waals surface area contributed by atoms with Gasteiger partial charge in [0.2, 0.25) is 0 Å². The fourth-order valence-corrected chi connectivity index (χ4v) is 16.5. The van der Waals surface area contributed by atoms with Gasteiger partial charge < -0.3 is 0 Å². The van der Waals surface area contributed by atoms with Crippen molar-refractivity contribution >= 4 is 59.0 Å². The molecule has 7 heteroatoms. The van der Waals surface area contributed by atoms with E-state index in [0.29, 0.717) is 0 Å². The van der Waals surface area contributed by atoms with Crippen LogP contribution in [0.2, 0.25) is 0 Å². The van der Waals surface area contributed by atoms with Crippen molar-refractivity contribution in [3.8, 4) is 0 Å². The standard InChI is InChI=1S/S6.Zn/c1-2-4-6-5-3-1;. The summed E-state index contributed by atoms with van der Waals surface area (Å²) >= 11 is 0. The van der Waals surface area contributed by atoms with Crippen molar-refractivity contribution in [2.75, 3.05) is 0 Å². The first-order valence-electron chi connectivity index (χ1n) is 1.00. The van der Waals surface area contributed by atoms with E-state index < -0.39 is 0 Å². The summed E-state index contributed by atoms with van der Waals surface area (Å²) in [6, 6.07) is 0. The Morgan fingerprint density at radius 3 is 0.714 bits per heavy atom. The predicted molar refractivity (Wildman–Crippen MR) is 45.5 cm³/mol. The molecule has 0 nitrogen and oxygen atoms in total. The molecule has 0 saturated carbocycles. The van der Waals surface area contributed by atoms with Crippen molar-refractivity contribution in [1.29, 1.82) is 0 Å². The predicted octanol–water partition coefficient (Wildman–Crippen LogP) is 3.89. The van der Waals surface area contributed by atoms with Gasteiger partial charge in [-0.15, -0.1) is 0 Å². The molecule has 0 aliphatic carbocycles. The molecule has 0 aromatic carbocycles. The van der Waals surface area contributed by atoms with Crippen LogP contribution in [0.15, 0.2) is 0 Å². The molecule has 1 heterocycles. The van der Waals surface area contributed by atoms with Crippen LogP contribution >= 0.6 is 59.0 Å². The van der Waals surface area contributed by atoms with Gasteiger partial charge in [0.25, 0.3) is 0 Å². The molecule has 0 unspecified atom stereocenters. The van der Waals surface area contributed by atoms with Gasteiger partial charge >= 0.3 is 0 Å². The fourth-order valence-electron chi connectivity index (χ4n) is 0.0680. The molecule has 0 aromatic rings. The van der Waals surface area contributed by atoms with Crippen LogP contribution in [-0.4, -0.2) is 0 Å². The molecule has 0 aromatic heterocycles. The Hall–Kier alpha value is 2.72. The molecule has 0 bridgehead atoms. The largest absolute Gasteiger partial charge is 0 e. The van der Waals surface area contributed by atoms with Crippen LogP contribution in [-0.2, 0) is 19.5 Å². The zero-order valence-electron chi connectivity index (χ0n) is 3.16. The maximum absolute atomic E-state index is 1.83. The van der Waals surface area contributed by atoms with Crippen LogP contribution in [0, 0.1) is 0 Å². The molecule has 1 aliphatic heterocycles. The topological polar surface area (TPSA) is 0 Å². The van der Waals surface area contributed by atoms with E-state index in [2.05, 4.69) is 0 Å². The van der Waals surface area contributed by atoms with Gasteiger partial charge in [-0.3, -0.25) is 0 Å². The molecule has 7 heavy (non-hydrogen) atoms. The van der Waals surface area contributed by atoms with E-state index in [1.54, 1.807) is 0 Å². The molecule has 1 saturated heterocycles. The van der Waals surface area contributed by atoms with Gasteiger partial charge in [-0.2, -0.15) is 0 Å². The number of hydrogen-bond donors (Lipinski definition) is 0. The minimum absolute atomic E-state index is 0. The monoisotopic (exact) mass is 256 g/mol. The van der Waals surface area contributed by atoms with Crippen molar-refractivity contribution in [3.63, 3.8) is 0 Å². The molecule has 0 spiro atoms. The summed E-state index contributed by atoms with van der Waals surface area (Å²) in [6.07, 6.45) is 0. The summed E-state index contributed by atoms with van der Waals surface area (Å²) in [4.78, 5) is 0. The van der Waals surface area contributed by atoms with Crippen molar-refractivity contribution in [3.05, 3.63) is 0 Å². The molecule has 1 rings (SSSR count). The number of rotatable bonds is 0. The third-order valence-electron chi connectivity index (χ3n) is 0.167. The summed E-state index contributed by atoms with van der Waals surface area (Å²) in [5, 5.41) is 0. The second kappa shape index (κ2) is 6.84. The van der Waals surface area contributed by atoms with Crippen LogP contribution in [0.25, 0.3) is 0 Å². The Morgan fingerprint density at radius 2 is 0.571 bits per heavy atom. The molecular weight excluding hydrogens is 258 g/mol. The van der Waals surface area contributed by atoms with Crippen LogP contribution in [0.4, 0.5) is 0 Å². The molecule has 1 fully saturated rings. The maximum atomic E-state index is 1.83. The molecule has 0 radical (unpaired) electrons. The first-order chi connectivity index (χ1) is 3.00. The normalized spacial score (nSPS) is 20.6. The third kappa shape index (κ3) is 5.18. The van der Waals surface area contributed by atoms with E-state index in [1.165, 1.54) is 0 Å². The van der Waals surface area contributed by atoms with Gasteiger partial charge in [-0.25, -0.2) is 0 Å². The summed E-state index contributed by atoms with van der Waals surface area (Å²) in [6.45, 7) is 0. The van der Waals surface area contributed by atoms with Crippen LogP contribution < -0.4 is 0 Å². The van der Waals surface area contributed by atoms with Gasteiger partial charge in [0.1, 0.15) is 0 Å². The zero-order valence-corrected chi connectivity index (χ0v) is 11.0. The Bertz CT molecular complexity index is 19.7. The van der Waals surface area contributed by atoms with Gasteiger partial charge in [0.05, 0.1) is 0 Å². The van der Waals surface area contributed by atoms with Gasteiger partial charge in [0, 0.05) is 78.4 Å². The molecule has 0 atom stereocenters. The van der Waals surface area contributed by atoms with E-state index in [1.807, 2.05) is 59.0 Å². The van der Waals surface area contributed by atoms with Crippen LogP contribution in [0.1, 0.15) is 0 Å². The minimum atomic E-state index is 0. The van der Waals surface area contributed by atoms with Crippen molar-refractivity contribution in [2.45, 2.75) is 0 Å². The van der Waals surface area contributed by atoms with Crippen molar-refractivity contribution in [1.82, 2.24) is 0 Å². The second-order valence-corrected chi connectivity index (χ2v) is 11.0. The van der Waals surface area contributed by atoms with Crippen molar-refractivity contribution in [2.24, 2.45) is 0 Å². The van der Waals surface area contributed by atoms with Gasteiger partial charge in [-0.1, -0.05) is 0 Å². The Morgan fingerprint density at radius 1 is 0.429 bits per heavy atom. The van der Waals surface area contributed by atoms with E-state index in [0.717, 1.165) is 0 Å². The Labute approximate surface area is 77.4 Å². The first kappa shape index (κ1) is 9.72. The Kier molecular flexibility index (Phi) is 9.50. The summed E-state index contributed by atoms with van der Waals surface area (Å²) in [5.41, 5.74) is 0. The van der Waals surface area contributed by atoms with Crippen molar-refractivity contribution < 1.29 is 19.5 Å². The van der Waals surface area contributed by atoms with E-state index >= 15 is 0 Å². The van der Waals surface area contributed by atoms with E-state index in [-0.39, 0.29) is 19.5 Å². The minimum Gasteiger partial charge on any atom is 0 e. The smallest absolute Gasteiger partial charge is 0 e. The van der Waals surface area contributed by atoms with Gasteiger partial charge in [-0.05, 0) is 0 Å². The van der Waals surface area contributed by atoms with Crippen LogP contribution in [0.5, 0.6) is 0 Å². The van der Waals surface area contributed by atoms with Crippen LogP contribution in [0.3, 0.4) is 0 Å². The zero-order chi connectivity index (χ0) is 4.24. The maximum Gasteiger partial charge on any atom is 0 e. The molecular formula is S6Zn. The summed E-state index contributed by atoms with van der Waals surface area (Å²) in [5.74, 6) is 0. The summed E-state index contributed by atoms with van der Waals surface area (Å²) < 4.78 is 0. The second-order valence-electron chi connectivity index (χ2n) is 0.408. The molecule has 0 N–H and O–H groups in total. The Balaban J connectivity index is 0.000000360. The first-order valence-corrected chi connectivity index (χ1v) is 9.00. The molecule has 38 valence electrons. The van der Waals surface area contributed by atoms with Gasteiger partial charge in [0.15, 0.2) is 0 Å². The average molecular weight is 258 g/mol. The number of hydrogen-bond acceptors (Lipinski definition) is 6. The third-order valence-corrected chi connectivity index (χ3v) is 13.5. The average Bonchev–Trinajstić information content (AvgIpc) is 1.72. The SMILES string of the molecule is S1SSSSS1.[Zn]. The molecule has 0 amide bonds. The molecule has 1 aliphatic rings. The fraction of sp³-hybridized carbons (Fsp3) is 0. The summed E-state index contributed by atoms with van der Waals surface area (Å²) in [7, 11) is 11.0.